The minimum absolute atomic E-state index is 0.618. The van der Waals surface area contributed by atoms with Crippen LogP contribution in [0.4, 0.5) is 0 Å². The summed E-state index contributed by atoms with van der Waals surface area (Å²) in [4.78, 5) is 9.10. The number of aromatic nitrogens is 1. The Balaban J connectivity index is 1.73. The SMILES string of the molecule is CN1CCN(CCc2ncc(CCN)o2)CC1. The normalized spacial score (nSPS) is 18.7. The van der Waals surface area contributed by atoms with E-state index in [9.17, 15) is 0 Å². The van der Waals surface area contributed by atoms with Crippen LogP contribution in [0.15, 0.2) is 10.6 Å². The van der Waals surface area contributed by atoms with Crippen LogP contribution in [0.5, 0.6) is 0 Å². The zero-order chi connectivity index (χ0) is 12.1. The monoisotopic (exact) mass is 238 g/mol. The molecule has 1 saturated heterocycles. The van der Waals surface area contributed by atoms with Crippen LogP contribution in [0.1, 0.15) is 11.7 Å². The second kappa shape index (κ2) is 6.14. The molecule has 5 heteroatoms. The summed E-state index contributed by atoms with van der Waals surface area (Å²) in [7, 11) is 2.17. The summed E-state index contributed by atoms with van der Waals surface area (Å²) in [6.07, 6.45) is 3.47. The van der Waals surface area contributed by atoms with E-state index in [0.717, 1.165) is 57.2 Å². The number of hydrogen-bond donors (Lipinski definition) is 1. The first-order valence-electron chi connectivity index (χ1n) is 6.32. The van der Waals surface area contributed by atoms with Gasteiger partial charge in [0, 0.05) is 45.6 Å². The van der Waals surface area contributed by atoms with E-state index >= 15 is 0 Å². The van der Waals surface area contributed by atoms with Gasteiger partial charge in [0.15, 0.2) is 5.89 Å². The first-order valence-corrected chi connectivity index (χ1v) is 6.32. The smallest absolute Gasteiger partial charge is 0.195 e. The van der Waals surface area contributed by atoms with E-state index in [1.54, 1.807) is 6.20 Å². The molecule has 1 aromatic rings. The van der Waals surface area contributed by atoms with E-state index in [-0.39, 0.29) is 0 Å². The highest BCUT2D eigenvalue weighted by Crippen LogP contribution is 2.06. The van der Waals surface area contributed by atoms with E-state index in [2.05, 4.69) is 21.8 Å². The van der Waals surface area contributed by atoms with Crippen molar-refractivity contribution in [3.8, 4) is 0 Å². The van der Waals surface area contributed by atoms with Crippen molar-refractivity contribution in [2.24, 2.45) is 5.73 Å². The molecule has 2 N–H and O–H groups in total. The predicted octanol–water partition coefficient (Wildman–Crippen LogP) is -0.0343. The molecule has 0 atom stereocenters. The summed E-state index contributed by atoms with van der Waals surface area (Å²) in [6.45, 7) is 6.26. The van der Waals surface area contributed by atoms with Crippen LogP contribution in [0.25, 0.3) is 0 Å². The number of nitrogens with zero attached hydrogens (tertiary/aromatic N) is 3. The van der Waals surface area contributed by atoms with E-state index < -0.39 is 0 Å². The molecule has 2 rings (SSSR count). The molecule has 0 spiro atoms. The average Bonchev–Trinajstić information content (AvgIpc) is 2.77. The Kier molecular flexibility index (Phi) is 4.53. The summed E-state index contributed by atoms with van der Waals surface area (Å²) in [5.41, 5.74) is 5.47. The average molecular weight is 238 g/mol. The van der Waals surface area contributed by atoms with E-state index in [1.165, 1.54) is 0 Å². The maximum absolute atomic E-state index is 5.61. The first kappa shape index (κ1) is 12.5. The molecule has 2 heterocycles. The van der Waals surface area contributed by atoms with Gasteiger partial charge in [0.25, 0.3) is 0 Å². The largest absolute Gasteiger partial charge is 0.446 e. The van der Waals surface area contributed by atoms with Gasteiger partial charge in [-0.2, -0.15) is 0 Å². The third-order valence-corrected chi connectivity index (χ3v) is 3.23. The number of likely N-dealkylation sites (N-methyl/N-ethyl adjacent to an activating group) is 1. The molecule has 1 aliphatic rings. The van der Waals surface area contributed by atoms with Gasteiger partial charge in [-0.3, -0.25) is 0 Å². The van der Waals surface area contributed by atoms with Crippen molar-refractivity contribution in [2.45, 2.75) is 12.8 Å². The zero-order valence-electron chi connectivity index (χ0n) is 10.6. The molecule has 0 unspecified atom stereocenters. The van der Waals surface area contributed by atoms with Crippen molar-refractivity contribution in [3.05, 3.63) is 17.8 Å². The summed E-state index contributed by atoms with van der Waals surface area (Å²) in [5, 5.41) is 0. The van der Waals surface area contributed by atoms with Gasteiger partial charge in [0.05, 0.1) is 6.20 Å². The summed E-state index contributed by atoms with van der Waals surface area (Å²) in [6, 6.07) is 0. The summed E-state index contributed by atoms with van der Waals surface area (Å²) < 4.78 is 5.61. The Hall–Kier alpha value is -0.910. The molecule has 0 saturated carbocycles. The molecule has 1 fully saturated rings. The Labute approximate surface area is 103 Å². The van der Waals surface area contributed by atoms with Crippen LogP contribution >= 0.6 is 0 Å². The van der Waals surface area contributed by atoms with Crippen molar-refractivity contribution < 1.29 is 4.42 Å². The Bertz CT molecular complexity index is 331. The number of hydrogen-bond acceptors (Lipinski definition) is 5. The second-order valence-electron chi connectivity index (χ2n) is 4.65. The van der Waals surface area contributed by atoms with Crippen molar-refractivity contribution in [1.29, 1.82) is 0 Å². The van der Waals surface area contributed by atoms with Gasteiger partial charge in [-0.15, -0.1) is 0 Å². The Morgan fingerprint density at radius 2 is 2.06 bits per heavy atom. The van der Waals surface area contributed by atoms with E-state index in [0.29, 0.717) is 6.54 Å². The first-order chi connectivity index (χ1) is 8.28. The fraction of sp³-hybridized carbons (Fsp3) is 0.750. The van der Waals surface area contributed by atoms with Gasteiger partial charge in [-0.05, 0) is 13.6 Å². The highest BCUT2D eigenvalue weighted by molar-refractivity contribution is 4.95. The lowest BCUT2D eigenvalue weighted by molar-refractivity contribution is 0.153. The van der Waals surface area contributed by atoms with Crippen LogP contribution < -0.4 is 5.73 Å². The second-order valence-corrected chi connectivity index (χ2v) is 4.65. The number of nitrogens with two attached hydrogens (primary N) is 1. The topological polar surface area (TPSA) is 58.5 Å². The highest BCUT2D eigenvalue weighted by atomic mass is 16.4. The molecule has 1 aromatic heterocycles. The number of piperazine rings is 1. The Morgan fingerprint density at radius 3 is 2.76 bits per heavy atom. The molecule has 0 aromatic carbocycles. The van der Waals surface area contributed by atoms with Crippen molar-refractivity contribution in [1.82, 2.24) is 14.8 Å². The zero-order valence-corrected chi connectivity index (χ0v) is 10.6. The minimum Gasteiger partial charge on any atom is -0.446 e. The lowest BCUT2D eigenvalue weighted by Gasteiger charge is -2.31. The van der Waals surface area contributed by atoms with Crippen LogP contribution in [0.3, 0.4) is 0 Å². The van der Waals surface area contributed by atoms with Gasteiger partial charge in [0.1, 0.15) is 5.76 Å². The van der Waals surface area contributed by atoms with Gasteiger partial charge in [-0.1, -0.05) is 0 Å². The third-order valence-electron chi connectivity index (χ3n) is 3.23. The number of oxazole rings is 1. The maximum Gasteiger partial charge on any atom is 0.195 e. The van der Waals surface area contributed by atoms with E-state index in [1.807, 2.05) is 0 Å². The molecular weight excluding hydrogens is 216 g/mol. The molecule has 96 valence electrons. The summed E-state index contributed by atoms with van der Waals surface area (Å²) in [5.74, 6) is 1.74. The number of rotatable bonds is 5. The van der Waals surface area contributed by atoms with Gasteiger partial charge >= 0.3 is 0 Å². The van der Waals surface area contributed by atoms with Crippen molar-refractivity contribution >= 4 is 0 Å². The van der Waals surface area contributed by atoms with Gasteiger partial charge in [0.2, 0.25) is 0 Å². The van der Waals surface area contributed by atoms with Gasteiger partial charge < -0.3 is 20.0 Å². The molecule has 5 nitrogen and oxygen atoms in total. The molecule has 1 aliphatic heterocycles. The molecule has 0 radical (unpaired) electrons. The molecule has 17 heavy (non-hydrogen) atoms. The van der Waals surface area contributed by atoms with Crippen LogP contribution in [0.2, 0.25) is 0 Å². The third kappa shape index (κ3) is 3.80. The molecule has 0 amide bonds. The standard InChI is InChI=1S/C12H22N4O/c1-15-6-8-16(9-7-15)5-3-12-14-10-11(17-12)2-4-13/h10H,2-9,13H2,1H3. The van der Waals surface area contributed by atoms with Crippen LogP contribution in [0, 0.1) is 0 Å². The molecular formula is C12H22N4O. The van der Waals surface area contributed by atoms with E-state index in [4.69, 9.17) is 10.2 Å². The van der Waals surface area contributed by atoms with Gasteiger partial charge in [-0.25, -0.2) is 4.98 Å². The van der Waals surface area contributed by atoms with Crippen LogP contribution in [-0.2, 0) is 12.8 Å². The lowest BCUT2D eigenvalue weighted by atomic mass is 10.3. The Morgan fingerprint density at radius 1 is 1.29 bits per heavy atom. The summed E-state index contributed by atoms with van der Waals surface area (Å²) >= 11 is 0. The van der Waals surface area contributed by atoms with Crippen molar-refractivity contribution in [3.63, 3.8) is 0 Å². The fourth-order valence-corrected chi connectivity index (χ4v) is 2.05. The maximum atomic E-state index is 5.61. The highest BCUT2D eigenvalue weighted by Gasteiger charge is 2.14. The molecule has 0 bridgehead atoms. The predicted molar refractivity (Wildman–Crippen MR) is 66.9 cm³/mol. The molecule has 0 aliphatic carbocycles. The lowest BCUT2D eigenvalue weighted by Crippen LogP contribution is -2.45. The quantitative estimate of drug-likeness (QED) is 0.780. The van der Waals surface area contributed by atoms with Crippen molar-refractivity contribution in [2.75, 3.05) is 46.3 Å². The minimum atomic E-state index is 0.618. The van der Waals surface area contributed by atoms with Crippen LogP contribution in [-0.4, -0.2) is 61.1 Å². The fourth-order valence-electron chi connectivity index (χ4n) is 2.05.